The minimum absolute atomic E-state index is 0.566. The van der Waals surface area contributed by atoms with E-state index in [9.17, 15) is 0 Å². The topological polar surface area (TPSA) is 55.4 Å². The van der Waals surface area contributed by atoms with Gasteiger partial charge in [-0.2, -0.15) is 0 Å². The molecule has 6 nitrogen and oxygen atoms in total. The van der Waals surface area contributed by atoms with Crippen LogP contribution in [0.2, 0.25) is 0 Å². The minimum Gasteiger partial charge on any atom is -0.496 e. The first-order valence-corrected chi connectivity index (χ1v) is 10.7. The van der Waals surface area contributed by atoms with Crippen LogP contribution in [0.25, 0.3) is 0 Å². The van der Waals surface area contributed by atoms with Crippen molar-refractivity contribution in [2.75, 3.05) is 42.7 Å². The molecule has 0 aliphatic rings. The Morgan fingerprint density at radius 1 is 0.355 bits per heavy atom. The molecular formula is C24H27O6S+. The quantitative estimate of drug-likeness (QED) is 0.442. The third-order valence-corrected chi connectivity index (χ3v) is 6.80. The summed E-state index contributed by atoms with van der Waals surface area (Å²) in [6.07, 6.45) is 0. The van der Waals surface area contributed by atoms with Crippen molar-refractivity contribution in [3.63, 3.8) is 0 Å². The van der Waals surface area contributed by atoms with E-state index in [2.05, 4.69) is 0 Å². The maximum absolute atomic E-state index is 5.52. The monoisotopic (exact) mass is 443 g/mol. The van der Waals surface area contributed by atoms with Crippen LogP contribution in [0.3, 0.4) is 0 Å². The van der Waals surface area contributed by atoms with Gasteiger partial charge in [-0.25, -0.2) is 0 Å². The van der Waals surface area contributed by atoms with Crippen LogP contribution in [-0.2, 0) is 10.9 Å². The predicted octanol–water partition coefficient (Wildman–Crippen LogP) is 4.83. The van der Waals surface area contributed by atoms with Gasteiger partial charge in [0.25, 0.3) is 0 Å². The molecule has 7 heteroatoms. The van der Waals surface area contributed by atoms with Crippen molar-refractivity contribution < 1.29 is 28.4 Å². The smallest absolute Gasteiger partial charge is 0.173 e. The van der Waals surface area contributed by atoms with E-state index < -0.39 is 10.9 Å². The number of hydrogen-bond donors (Lipinski definition) is 0. The summed E-state index contributed by atoms with van der Waals surface area (Å²) in [5.74, 6) is 4.23. The zero-order valence-corrected chi connectivity index (χ0v) is 19.4. The van der Waals surface area contributed by atoms with Gasteiger partial charge in [0.2, 0.25) is 0 Å². The number of benzene rings is 3. The highest BCUT2D eigenvalue weighted by molar-refractivity contribution is 7.97. The summed E-state index contributed by atoms with van der Waals surface area (Å²) in [5, 5.41) is 0. The summed E-state index contributed by atoms with van der Waals surface area (Å²) < 4.78 is 33.1. The number of methoxy groups -OCH3 is 6. The Morgan fingerprint density at radius 3 is 0.710 bits per heavy atom. The second-order valence-corrected chi connectivity index (χ2v) is 8.48. The van der Waals surface area contributed by atoms with E-state index in [1.165, 1.54) is 0 Å². The van der Waals surface area contributed by atoms with Crippen LogP contribution in [0.1, 0.15) is 0 Å². The van der Waals surface area contributed by atoms with E-state index in [0.29, 0.717) is 34.5 Å². The van der Waals surface area contributed by atoms with Crippen molar-refractivity contribution in [1.29, 1.82) is 0 Å². The van der Waals surface area contributed by atoms with E-state index in [1.54, 1.807) is 42.7 Å². The van der Waals surface area contributed by atoms with Gasteiger partial charge in [0.15, 0.2) is 14.7 Å². The highest BCUT2D eigenvalue weighted by Gasteiger charge is 2.33. The van der Waals surface area contributed by atoms with Crippen LogP contribution in [0.15, 0.2) is 69.3 Å². The zero-order chi connectivity index (χ0) is 22.4. The predicted molar refractivity (Wildman–Crippen MR) is 121 cm³/mol. The molecule has 0 heterocycles. The van der Waals surface area contributed by atoms with E-state index >= 15 is 0 Å². The van der Waals surface area contributed by atoms with Crippen molar-refractivity contribution in [3.8, 4) is 34.5 Å². The Balaban J connectivity index is 2.30. The van der Waals surface area contributed by atoms with Gasteiger partial charge in [0.05, 0.1) is 42.7 Å². The highest BCUT2D eigenvalue weighted by Crippen LogP contribution is 2.40. The third kappa shape index (κ3) is 5.11. The molecule has 0 atom stereocenters. The fourth-order valence-electron chi connectivity index (χ4n) is 3.11. The lowest BCUT2D eigenvalue weighted by atomic mass is 10.3. The molecule has 164 valence electrons. The van der Waals surface area contributed by atoms with Crippen molar-refractivity contribution in [2.24, 2.45) is 0 Å². The van der Waals surface area contributed by atoms with E-state index in [-0.39, 0.29) is 0 Å². The standard InChI is InChI=1S/C24H27O6S/c1-25-16-7-17(26-2)11-22(10-16)31(23-12-18(27-3)8-19(13-23)28-4)24-14-20(29-5)9-21(15-24)30-6/h7-15H,1-6H3/q+1. The van der Waals surface area contributed by atoms with E-state index in [4.69, 9.17) is 28.4 Å². The molecule has 0 spiro atoms. The molecule has 3 rings (SSSR count). The van der Waals surface area contributed by atoms with Crippen LogP contribution in [0.4, 0.5) is 0 Å². The second kappa shape index (κ2) is 10.2. The van der Waals surface area contributed by atoms with Gasteiger partial charge in [-0.1, -0.05) is 0 Å². The van der Waals surface area contributed by atoms with Crippen molar-refractivity contribution in [1.82, 2.24) is 0 Å². The minimum atomic E-state index is -0.566. The van der Waals surface area contributed by atoms with E-state index in [0.717, 1.165) is 14.7 Å². The Hall–Kier alpha value is -3.19. The maximum atomic E-state index is 5.52. The molecule has 0 aromatic heterocycles. The lowest BCUT2D eigenvalue weighted by Crippen LogP contribution is -2.07. The molecule has 0 amide bonds. The highest BCUT2D eigenvalue weighted by atomic mass is 32.2. The molecule has 31 heavy (non-hydrogen) atoms. The van der Waals surface area contributed by atoms with Crippen molar-refractivity contribution >= 4 is 10.9 Å². The summed E-state index contributed by atoms with van der Waals surface area (Å²) in [6, 6.07) is 17.6. The molecule has 0 aliphatic heterocycles. The molecule has 0 saturated carbocycles. The molecule has 0 saturated heterocycles. The van der Waals surface area contributed by atoms with Gasteiger partial charge in [-0.3, -0.25) is 0 Å². The van der Waals surface area contributed by atoms with Crippen molar-refractivity contribution in [3.05, 3.63) is 54.6 Å². The van der Waals surface area contributed by atoms with Gasteiger partial charge in [-0.15, -0.1) is 0 Å². The average Bonchev–Trinajstić information content (AvgIpc) is 2.83. The first-order chi connectivity index (χ1) is 15.0. The molecule has 0 N–H and O–H groups in total. The van der Waals surface area contributed by atoms with Gasteiger partial charge < -0.3 is 28.4 Å². The summed E-state index contributed by atoms with van der Waals surface area (Å²) in [5.41, 5.74) is 0. The zero-order valence-electron chi connectivity index (χ0n) is 18.6. The van der Waals surface area contributed by atoms with Crippen LogP contribution in [-0.4, -0.2) is 42.7 Å². The largest absolute Gasteiger partial charge is 0.496 e. The van der Waals surface area contributed by atoms with Crippen molar-refractivity contribution in [2.45, 2.75) is 14.7 Å². The van der Waals surface area contributed by atoms with Gasteiger partial charge in [0.1, 0.15) is 45.4 Å². The molecule has 0 radical (unpaired) electrons. The van der Waals surface area contributed by atoms with Crippen LogP contribution < -0.4 is 28.4 Å². The molecule has 3 aromatic rings. The SMILES string of the molecule is COc1cc(OC)cc([S+](c2cc(OC)cc(OC)c2)c2cc(OC)cc(OC)c2)c1. The first kappa shape index (κ1) is 22.5. The molecular weight excluding hydrogens is 416 g/mol. The first-order valence-electron chi connectivity index (χ1n) is 9.48. The second-order valence-electron chi connectivity index (χ2n) is 6.45. The number of rotatable bonds is 9. The third-order valence-electron chi connectivity index (χ3n) is 4.68. The Labute approximate surface area is 186 Å². The Kier molecular flexibility index (Phi) is 7.41. The van der Waals surface area contributed by atoms with Crippen LogP contribution >= 0.6 is 0 Å². The molecule has 0 unspecified atom stereocenters. The van der Waals surface area contributed by atoms with Gasteiger partial charge in [-0.05, 0) is 0 Å². The van der Waals surface area contributed by atoms with Crippen LogP contribution in [0, 0.1) is 0 Å². The fourth-order valence-corrected chi connectivity index (χ4v) is 5.33. The maximum Gasteiger partial charge on any atom is 0.173 e. The molecule has 0 fully saturated rings. The lowest BCUT2D eigenvalue weighted by molar-refractivity contribution is 0.391. The molecule has 0 bridgehead atoms. The number of hydrogen-bond acceptors (Lipinski definition) is 6. The summed E-state index contributed by atoms with van der Waals surface area (Å²) in [4.78, 5) is 3.01. The van der Waals surface area contributed by atoms with Gasteiger partial charge >= 0.3 is 0 Å². The molecule has 3 aromatic carbocycles. The summed E-state index contributed by atoms with van der Waals surface area (Å²) in [7, 11) is 9.27. The Bertz CT molecular complexity index is 838. The fraction of sp³-hybridized carbons (Fsp3) is 0.250. The molecule has 0 aliphatic carbocycles. The normalized spacial score (nSPS) is 10.5. The number of ether oxygens (including phenoxy) is 6. The average molecular weight is 444 g/mol. The summed E-state index contributed by atoms with van der Waals surface area (Å²) >= 11 is 0. The van der Waals surface area contributed by atoms with E-state index in [1.807, 2.05) is 54.6 Å². The summed E-state index contributed by atoms with van der Waals surface area (Å²) in [6.45, 7) is 0. The lowest BCUT2D eigenvalue weighted by Gasteiger charge is -2.14. The Morgan fingerprint density at radius 2 is 0.548 bits per heavy atom. The van der Waals surface area contributed by atoms with Gasteiger partial charge in [0, 0.05) is 54.6 Å². The van der Waals surface area contributed by atoms with Crippen LogP contribution in [0.5, 0.6) is 34.5 Å².